The molecule has 0 radical (unpaired) electrons. The molecule has 1 aliphatic rings. The molecule has 0 saturated carbocycles. The predicted molar refractivity (Wildman–Crippen MR) is 110 cm³/mol. The van der Waals surface area contributed by atoms with Crippen LogP contribution in [-0.4, -0.2) is 48.9 Å². The van der Waals surface area contributed by atoms with Crippen molar-refractivity contribution in [2.45, 2.75) is 13.1 Å². The van der Waals surface area contributed by atoms with Crippen LogP contribution < -0.4 is 5.32 Å². The number of rotatable bonds is 5. The highest BCUT2D eigenvalue weighted by Crippen LogP contribution is 2.11. The van der Waals surface area contributed by atoms with Crippen LogP contribution >= 0.6 is 22.6 Å². The highest BCUT2D eigenvalue weighted by Gasteiger charge is 2.14. The minimum atomic E-state index is -0.0270. The summed E-state index contributed by atoms with van der Waals surface area (Å²) in [5.74, 6) is -0.0270. The Labute approximate surface area is 163 Å². The Bertz CT molecular complexity index is 709. The van der Waals surface area contributed by atoms with Gasteiger partial charge in [-0.25, -0.2) is 0 Å². The molecule has 1 saturated heterocycles. The molecule has 2 aromatic rings. The molecule has 0 aliphatic carbocycles. The van der Waals surface area contributed by atoms with E-state index in [4.69, 9.17) is 0 Å². The van der Waals surface area contributed by atoms with E-state index in [1.807, 2.05) is 24.3 Å². The van der Waals surface area contributed by atoms with Crippen LogP contribution in [0, 0.1) is 3.57 Å². The fourth-order valence-corrected chi connectivity index (χ4v) is 3.35. The van der Waals surface area contributed by atoms with Crippen molar-refractivity contribution in [3.8, 4) is 0 Å². The zero-order valence-corrected chi connectivity index (χ0v) is 16.7. The fourth-order valence-electron chi connectivity index (χ4n) is 2.99. The number of amides is 1. The van der Waals surface area contributed by atoms with Gasteiger partial charge in [0.05, 0.1) is 0 Å². The normalized spacial score (nSPS) is 15.9. The second kappa shape index (κ2) is 8.78. The quantitative estimate of drug-likeness (QED) is 0.714. The van der Waals surface area contributed by atoms with E-state index < -0.39 is 0 Å². The van der Waals surface area contributed by atoms with Gasteiger partial charge in [0.1, 0.15) is 0 Å². The molecule has 0 unspecified atom stereocenters. The minimum Gasteiger partial charge on any atom is -0.348 e. The molecule has 1 aliphatic heterocycles. The number of hydrogen-bond acceptors (Lipinski definition) is 3. The Morgan fingerprint density at radius 2 is 1.72 bits per heavy atom. The van der Waals surface area contributed by atoms with Gasteiger partial charge in [0.15, 0.2) is 0 Å². The summed E-state index contributed by atoms with van der Waals surface area (Å²) in [5.41, 5.74) is 3.16. The van der Waals surface area contributed by atoms with E-state index in [0.29, 0.717) is 12.1 Å². The van der Waals surface area contributed by atoms with Gasteiger partial charge in [-0.3, -0.25) is 9.69 Å². The standard InChI is InChI=1S/C20H24IN3O/c1-23-9-11-24(12-10-23)15-17-4-2-3-16(13-17)14-22-20(25)18-5-7-19(21)8-6-18/h2-8,13H,9-12,14-15H2,1H3,(H,22,25). The van der Waals surface area contributed by atoms with Crippen molar-refractivity contribution >= 4 is 28.5 Å². The van der Waals surface area contributed by atoms with Crippen molar-refractivity contribution in [2.24, 2.45) is 0 Å². The molecular weight excluding hydrogens is 425 g/mol. The molecular formula is C20H24IN3O. The zero-order chi connectivity index (χ0) is 17.6. The molecule has 1 fully saturated rings. The molecule has 5 heteroatoms. The first-order chi connectivity index (χ1) is 12.1. The average molecular weight is 449 g/mol. The fraction of sp³-hybridized carbons (Fsp3) is 0.350. The summed E-state index contributed by atoms with van der Waals surface area (Å²) in [6.45, 7) is 6.03. The Kier molecular flexibility index (Phi) is 6.45. The SMILES string of the molecule is CN1CCN(Cc2cccc(CNC(=O)c3ccc(I)cc3)c2)CC1. The molecule has 0 atom stereocenters. The lowest BCUT2D eigenvalue weighted by Crippen LogP contribution is -2.43. The first-order valence-corrected chi connectivity index (χ1v) is 9.70. The van der Waals surface area contributed by atoms with Crippen molar-refractivity contribution in [1.29, 1.82) is 0 Å². The van der Waals surface area contributed by atoms with E-state index in [1.165, 1.54) is 5.56 Å². The van der Waals surface area contributed by atoms with Crippen LogP contribution in [0.15, 0.2) is 48.5 Å². The van der Waals surface area contributed by atoms with Crippen LogP contribution in [0.25, 0.3) is 0 Å². The minimum absolute atomic E-state index is 0.0270. The van der Waals surface area contributed by atoms with Crippen LogP contribution in [0.1, 0.15) is 21.5 Å². The van der Waals surface area contributed by atoms with Gasteiger partial charge in [0.25, 0.3) is 5.91 Å². The maximum atomic E-state index is 12.2. The van der Waals surface area contributed by atoms with Crippen LogP contribution in [0.5, 0.6) is 0 Å². The number of hydrogen-bond donors (Lipinski definition) is 1. The lowest BCUT2D eigenvalue weighted by atomic mass is 10.1. The number of halogens is 1. The number of carbonyl (C=O) groups excluding carboxylic acids is 1. The van der Waals surface area contributed by atoms with Crippen molar-refractivity contribution in [3.63, 3.8) is 0 Å². The molecule has 0 aromatic heterocycles. The number of piperazine rings is 1. The third kappa shape index (κ3) is 5.52. The maximum Gasteiger partial charge on any atom is 0.251 e. The van der Waals surface area contributed by atoms with Crippen molar-refractivity contribution in [2.75, 3.05) is 33.2 Å². The Morgan fingerprint density at radius 1 is 1.04 bits per heavy atom. The first kappa shape index (κ1) is 18.4. The second-order valence-corrected chi connectivity index (χ2v) is 7.83. The van der Waals surface area contributed by atoms with Gasteiger partial charge in [-0.15, -0.1) is 0 Å². The molecule has 1 amide bonds. The summed E-state index contributed by atoms with van der Waals surface area (Å²) in [7, 11) is 2.17. The van der Waals surface area contributed by atoms with E-state index in [-0.39, 0.29) is 5.91 Å². The second-order valence-electron chi connectivity index (χ2n) is 6.59. The summed E-state index contributed by atoms with van der Waals surface area (Å²) in [6, 6.07) is 16.1. The molecule has 4 nitrogen and oxygen atoms in total. The van der Waals surface area contributed by atoms with Gasteiger partial charge in [-0.05, 0) is 65.0 Å². The van der Waals surface area contributed by atoms with Crippen LogP contribution in [0.4, 0.5) is 0 Å². The largest absolute Gasteiger partial charge is 0.348 e. The van der Waals surface area contributed by atoms with E-state index in [1.54, 1.807) is 0 Å². The number of carbonyl (C=O) groups is 1. The molecule has 1 heterocycles. The summed E-state index contributed by atoms with van der Waals surface area (Å²) in [5, 5.41) is 3.01. The van der Waals surface area contributed by atoms with E-state index in [2.05, 4.69) is 69.0 Å². The van der Waals surface area contributed by atoms with Crippen LogP contribution in [0.2, 0.25) is 0 Å². The van der Waals surface area contributed by atoms with Gasteiger partial charge in [0, 0.05) is 48.4 Å². The Balaban J connectivity index is 1.54. The van der Waals surface area contributed by atoms with E-state index >= 15 is 0 Å². The van der Waals surface area contributed by atoms with Gasteiger partial charge in [0.2, 0.25) is 0 Å². The summed E-state index contributed by atoms with van der Waals surface area (Å²) < 4.78 is 1.13. The Hall–Kier alpha value is -1.44. The first-order valence-electron chi connectivity index (χ1n) is 8.62. The molecule has 0 bridgehead atoms. The molecule has 1 N–H and O–H groups in total. The summed E-state index contributed by atoms with van der Waals surface area (Å²) in [4.78, 5) is 17.1. The van der Waals surface area contributed by atoms with Gasteiger partial charge in [-0.2, -0.15) is 0 Å². The highest BCUT2D eigenvalue weighted by atomic mass is 127. The summed E-state index contributed by atoms with van der Waals surface area (Å²) >= 11 is 2.24. The molecule has 0 spiro atoms. The number of likely N-dealkylation sites (N-methyl/N-ethyl adjacent to an activating group) is 1. The van der Waals surface area contributed by atoms with Gasteiger partial charge >= 0.3 is 0 Å². The third-order valence-corrected chi connectivity index (χ3v) is 5.27. The zero-order valence-electron chi connectivity index (χ0n) is 14.5. The maximum absolute atomic E-state index is 12.2. The predicted octanol–water partition coefficient (Wildman–Crippen LogP) is 2.97. The van der Waals surface area contributed by atoms with Crippen molar-refractivity contribution in [3.05, 3.63) is 68.8 Å². The number of nitrogens with one attached hydrogen (secondary N) is 1. The lowest BCUT2D eigenvalue weighted by Gasteiger charge is -2.32. The smallest absolute Gasteiger partial charge is 0.251 e. The van der Waals surface area contributed by atoms with Gasteiger partial charge in [-0.1, -0.05) is 24.3 Å². The van der Waals surface area contributed by atoms with Crippen LogP contribution in [0.3, 0.4) is 0 Å². The van der Waals surface area contributed by atoms with Crippen molar-refractivity contribution in [1.82, 2.24) is 15.1 Å². The number of nitrogens with zero attached hydrogens (tertiary/aromatic N) is 2. The van der Waals surface area contributed by atoms with Crippen LogP contribution in [-0.2, 0) is 13.1 Å². The number of benzene rings is 2. The third-order valence-electron chi connectivity index (χ3n) is 4.55. The average Bonchev–Trinajstić information content (AvgIpc) is 2.63. The van der Waals surface area contributed by atoms with Gasteiger partial charge < -0.3 is 10.2 Å². The molecule has 25 heavy (non-hydrogen) atoms. The monoisotopic (exact) mass is 449 g/mol. The highest BCUT2D eigenvalue weighted by molar-refractivity contribution is 14.1. The summed E-state index contributed by atoms with van der Waals surface area (Å²) in [6.07, 6.45) is 0. The Morgan fingerprint density at radius 3 is 2.44 bits per heavy atom. The van der Waals surface area contributed by atoms with Crippen molar-refractivity contribution < 1.29 is 4.79 Å². The molecule has 2 aromatic carbocycles. The topological polar surface area (TPSA) is 35.6 Å². The molecule has 132 valence electrons. The lowest BCUT2D eigenvalue weighted by molar-refractivity contribution is 0.0951. The van der Waals surface area contributed by atoms with E-state index in [9.17, 15) is 4.79 Å². The van der Waals surface area contributed by atoms with E-state index in [0.717, 1.165) is 41.9 Å². The molecule has 3 rings (SSSR count).